The van der Waals surface area contributed by atoms with Crippen LogP contribution in [0.5, 0.6) is 5.75 Å². The van der Waals surface area contributed by atoms with Gasteiger partial charge in [0.05, 0.1) is 6.54 Å². The van der Waals surface area contributed by atoms with Crippen molar-refractivity contribution < 1.29 is 13.9 Å². The second-order valence-electron chi connectivity index (χ2n) is 8.04. The third-order valence-corrected chi connectivity index (χ3v) is 5.56. The number of fused-ring (bicyclic) bond motifs is 1. The van der Waals surface area contributed by atoms with Crippen LogP contribution in [-0.4, -0.2) is 20.7 Å². The molecule has 0 atom stereocenters. The molecule has 32 heavy (non-hydrogen) atoms. The number of nitrogens with one attached hydrogen (secondary N) is 1. The summed E-state index contributed by atoms with van der Waals surface area (Å²) in [6.07, 6.45) is 5.04. The first-order valence-corrected chi connectivity index (χ1v) is 10.7. The molecule has 0 spiro atoms. The van der Waals surface area contributed by atoms with Crippen LogP contribution in [-0.2, 0) is 26.0 Å². The lowest BCUT2D eigenvalue weighted by Gasteiger charge is -2.06. The lowest BCUT2D eigenvalue weighted by Crippen LogP contribution is -2.12. The molecule has 1 N–H and O–H groups in total. The summed E-state index contributed by atoms with van der Waals surface area (Å²) in [7, 11) is 0. The zero-order chi connectivity index (χ0) is 21.9. The van der Waals surface area contributed by atoms with Crippen molar-refractivity contribution >= 4 is 11.9 Å². The highest BCUT2D eigenvalue weighted by Gasteiger charge is 2.15. The number of aryl methyl sites for hydroxylation is 3. The molecular weight excluding hydrogens is 404 g/mol. The van der Waals surface area contributed by atoms with Gasteiger partial charge in [-0.3, -0.25) is 10.1 Å². The Morgan fingerprint density at radius 2 is 1.94 bits per heavy atom. The van der Waals surface area contributed by atoms with Crippen molar-refractivity contribution in [2.45, 2.75) is 39.3 Å². The molecule has 162 valence electrons. The first kappa shape index (κ1) is 20.1. The van der Waals surface area contributed by atoms with Gasteiger partial charge in [0, 0.05) is 0 Å². The number of ether oxygens (including phenoxy) is 1. The van der Waals surface area contributed by atoms with Gasteiger partial charge in [-0.1, -0.05) is 35.9 Å². The number of nitrogens with zero attached hydrogens (tertiary/aromatic N) is 3. The van der Waals surface area contributed by atoms with Gasteiger partial charge in [0.15, 0.2) is 5.76 Å². The molecule has 0 unspecified atom stereocenters. The lowest BCUT2D eigenvalue weighted by molar-refractivity contribution is 0.0991. The Bertz CT molecular complexity index is 1240. The molecule has 0 aliphatic heterocycles. The van der Waals surface area contributed by atoms with Crippen LogP contribution in [0.15, 0.2) is 65.3 Å². The summed E-state index contributed by atoms with van der Waals surface area (Å²) in [5.74, 6) is 1.41. The molecule has 1 aliphatic carbocycles. The van der Waals surface area contributed by atoms with Crippen molar-refractivity contribution in [1.82, 2.24) is 14.8 Å². The fourth-order valence-corrected chi connectivity index (χ4v) is 3.84. The normalized spacial score (nSPS) is 12.5. The Morgan fingerprint density at radius 1 is 1.09 bits per heavy atom. The second-order valence-corrected chi connectivity index (χ2v) is 8.04. The molecule has 0 bridgehead atoms. The third-order valence-electron chi connectivity index (χ3n) is 5.56. The molecule has 7 nitrogen and oxygen atoms in total. The maximum atomic E-state index is 12.5. The van der Waals surface area contributed by atoms with E-state index < -0.39 is 5.91 Å². The molecule has 1 amide bonds. The summed E-state index contributed by atoms with van der Waals surface area (Å²) in [4.78, 5) is 16.7. The minimum absolute atomic E-state index is 0.187. The highest BCUT2D eigenvalue weighted by Crippen LogP contribution is 2.26. The Morgan fingerprint density at radius 3 is 2.81 bits per heavy atom. The van der Waals surface area contributed by atoms with Crippen molar-refractivity contribution in [3.8, 4) is 5.75 Å². The predicted octanol–water partition coefficient (Wildman–Crippen LogP) is 4.55. The second kappa shape index (κ2) is 8.70. The number of anilines is 1. The first-order chi connectivity index (χ1) is 15.6. The Hall–Kier alpha value is -3.87. The van der Waals surface area contributed by atoms with Crippen LogP contribution in [0.25, 0.3) is 0 Å². The number of benzene rings is 2. The largest absolute Gasteiger partial charge is 0.486 e. The van der Waals surface area contributed by atoms with E-state index in [-0.39, 0.29) is 18.3 Å². The van der Waals surface area contributed by atoms with Gasteiger partial charge in [-0.25, -0.2) is 9.67 Å². The number of amides is 1. The number of carbonyl (C=O) groups excluding carboxylic acids is 1. The summed E-state index contributed by atoms with van der Waals surface area (Å²) in [6, 6.07) is 17.8. The van der Waals surface area contributed by atoms with Gasteiger partial charge in [0.2, 0.25) is 5.95 Å². The minimum atomic E-state index is -0.401. The molecule has 2 aromatic heterocycles. The highest BCUT2D eigenvalue weighted by atomic mass is 16.5. The number of furan rings is 1. The van der Waals surface area contributed by atoms with Gasteiger partial charge < -0.3 is 9.15 Å². The van der Waals surface area contributed by atoms with Crippen molar-refractivity contribution in [3.05, 3.63) is 94.7 Å². The van der Waals surface area contributed by atoms with Crippen LogP contribution in [0.4, 0.5) is 5.95 Å². The van der Waals surface area contributed by atoms with Crippen LogP contribution in [0, 0.1) is 6.92 Å². The van der Waals surface area contributed by atoms with Crippen LogP contribution in [0.3, 0.4) is 0 Å². The average Bonchev–Trinajstić information content (AvgIpc) is 3.54. The van der Waals surface area contributed by atoms with E-state index in [1.807, 2.05) is 25.1 Å². The van der Waals surface area contributed by atoms with Gasteiger partial charge in [0.1, 0.15) is 24.4 Å². The molecule has 0 saturated heterocycles. The topological polar surface area (TPSA) is 82.2 Å². The first-order valence-electron chi connectivity index (χ1n) is 10.7. The van der Waals surface area contributed by atoms with Crippen molar-refractivity contribution in [2.24, 2.45) is 0 Å². The van der Waals surface area contributed by atoms with Crippen LogP contribution < -0.4 is 10.1 Å². The molecule has 5 rings (SSSR count). The quantitative estimate of drug-likeness (QED) is 0.467. The summed E-state index contributed by atoms with van der Waals surface area (Å²) in [5, 5.41) is 6.98. The third kappa shape index (κ3) is 4.56. The minimum Gasteiger partial charge on any atom is -0.486 e. The molecule has 2 heterocycles. The Balaban J connectivity index is 1.16. The number of hydrogen-bond acceptors (Lipinski definition) is 5. The van der Waals surface area contributed by atoms with E-state index in [9.17, 15) is 4.79 Å². The van der Waals surface area contributed by atoms with Gasteiger partial charge in [-0.15, -0.1) is 5.10 Å². The van der Waals surface area contributed by atoms with E-state index in [4.69, 9.17) is 9.15 Å². The zero-order valence-electron chi connectivity index (χ0n) is 17.9. The number of rotatable bonds is 7. The van der Waals surface area contributed by atoms with Gasteiger partial charge in [-0.2, -0.15) is 0 Å². The molecule has 4 aromatic rings. The molecular formula is C25H24N4O3. The summed E-state index contributed by atoms with van der Waals surface area (Å²) in [6.45, 7) is 2.88. The highest BCUT2D eigenvalue weighted by molar-refractivity contribution is 6.01. The van der Waals surface area contributed by atoms with Crippen molar-refractivity contribution in [1.29, 1.82) is 0 Å². The summed E-state index contributed by atoms with van der Waals surface area (Å²) in [5.41, 5.74) is 5.08. The van der Waals surface area contributed by atoms with E-state index in [2.05, 4.69) is 39.7 Å². The lowest BCUT2D eigenvalue weighted by atomic mass is 10.1. The average molecular weight is 428 g/mol. The zero-order valence-corrected chi connectivity index (χ0v) is 17.9. The van der Waals surface area contributed by atoms with Crippen LogP contribution >= 0.6 is 0 Å². The fourth-order valence-electron chi connectivity index (χ4n) is 3.84. The molecule has 7 heteroatoms. The van der Waals surface area contributed by atoms with E-state index in [0.29, 0.717) is 12.3 Å². The monoisotopic (exact) mass is 428 g/mol. The van der Waals surface area contributed by atoms with Crippen molar-refractivity contribution in [3.63, 3.8) is 0 Å². The van der Waals surface area contributed by atoms with Crippen LogP contribution in [0.1, 0.15) is 45.0 Å². The summed E-state index contributed by atoms with van der Waals surface area (Å²) < 4.78 is 13.2. The fraction of sp³-hybridized carbons (Fsp3) is 0.240. The SMILES string of the molecule is Cc1ccc(Cn2cnc(NC(=O)c3ccc(COc4ccc5c(c4)CCC5)o3)n2)cc1. The smallest absolute Gasteiger partial charge is 0.293 e. The van der Waals surface area contributed by atoms with E-state index in [1.54, 1.807) is 23.1 Å². The molecule has 0 fully saturated rings. The number of aromatic nitrogens is 3. The molecule has 2 aromatic carbocycles. The molecule has 0 saturated carbocycles. The number of hydrogen-bond donors (Lipinski definition) is 1. The maximum absolute atomic E-state index is 12.5. The Labute approximate surface area is 186 Å². The van der Waals surface area contributed by atoms with Gasteiger partial charge >= 0.3 is 0 Å². The molecule has 0 radical (unpaired) electrons. The van der Waals surface area contributed by atoms with Crippen LogP contribution in [0.2, 0.25) is 0 Å². The van der Waals surface area contributed by atoms with E-state index in [0.717, 1.165) is 24.2 Å². The van der Waals surface area contributed by atoms with Gasteiger partial charge in [-0.05, 0) is 67.1 Å². The summed E-state index contributed by atoms with van der Waals surface area (Å²) >= 11 is 0. The van der Waals surface area contributed by atoms with Gasteiger partial charge in [0.25, 0.3) is 5.91 Å². The maximum Gasteiger partial charge on any atom is 0.293 e. The number of carbonyl (C=O) groups is 1. The predicted molar refractivity (Wildman–Crippen MR) is 120 cm³/mol. The van der Waals surface area contributed by atoms with E-state index >= 15 is 0 Å². The molecule has 1 aliphatic rings. The van der Waals surface area contributed by atoms with E-state index in [1.165, 1.54) is 23.1 Å². The standard InChI is InChI=1S/C25H24N4O3/c1-17-5-7-18(8-6-17)14-29-16-26-25(28-29)27-24(30)23-12-11-22(32-23)15-31-21-10-9-19-3-2-4-20(19)13-21/h5-13,16H,2-4,14-15H2,1H3,(H,27,28,30). The Kier molecular flexibility index (Phi) is 5.46. The van der Waals surface area contributed by atoms with Crippen molar-refractivity contribution in [2.75, 3.05) is 5.32 Å².